The summed E-state index contributed by atoms with van der Waals surface area (Å²) in [5, 5.41) is 9.44. The molecule has 4 aromatic rings. The topological polar surface area (TPSA) is 75.2 Å². The number of nitrogens with zero attached hydrogens (tertiary/aromatic N) is 1. The van der Waals surface area contributed by atoms with Crippen molar-refractivity contribution in [3.63, 3.8) is 0 Å². The molecule has 0 aliphatic carbocycles. The highest BCUT2D eigenvalue weighted by molar-refractivity contribution is 6.13. The normalized spacial score (nSPS) is 10.6. The fourth-order valence-corrected chi connectivity index (χ4v) is 3.36. The first kappa shape index (κ1) is 19.3. The van der Waals surface area contributed by atoms with E-state index in [-0.39, 0.29) is 11.9 Å². The SMILES string of the molecule is Cc1ccc(NC(=O)Nc2ccccc2)cc1NC(=O)c1cn(C)c2ccccc12. The van der Waals surface area contributed by atoms with Crippen molar-refractivity contribution in [2.24, 2.45) is 7.05 Å². The van der Waals surface area contributed by atoms with Crippen LogP contribution in [0.15, 0.2) is 79.0 Å². The van der Waals surface area contributed by atoms with E-state index < -0.39 is 0 Å². The van der Waals surface area contributed by atoms with Gasteiger partial charge in [-0.1, -0.05) is 42.5 Å². The molecule has 0 saturated carbocycles. The maximum atomic E-state index is 12.9. The molecule has 0 unspecified atom stereocenters. The molecule has 3 amide bonds. The van der Waals surface area contributed by atoms with E-state index in [9.17, 15) is 9.59 Å². The summed E-state index contributed by atoms with van der Waals surface area (Å²) in [6.45, 7) is 1.91. The third-order valence-corrected chi connectivity index (χ3v) is 4.92. The van der Waals surface area contributed by atoms with Crippen LogP contribution >= 0.6 is 0 Å². The average molecular weight is 398 g/mol. The number of carbonyl (C=O) groups excluding carboxylic acids is 2. The third kappa shape index (κ3) is 4.03. The molecular weight excluding hydrogens is 376 g/mol. The summed E-state index contributed by atoms with van der Waals surface area (Å²) in [7, 11) is 1.92. The minimum absolute atomic E-state index is 0.194. The van der Waals surface area contributed by atoms with Gasteiger partial charge < -0.3 is 20.5 Å². The standard InChI is InChI=1S/C24H22N4O2/c1-16-12-13-18(26-24(30)25-17-8-4-3-5-9-17)14-21(16)27-23(29)20-15-28(2)22-11-7-6-10-19(20)22/h3-15H,1-2H3,(H,27,29)(H2,25,26,30). The quantitative estimate of drug-likeness (QED) is 0.431. The summed E-state index contributed by atoms with van der Waals surface area (Å²) in [4.78, 5) is 25.2. The first-order chi connectivity index (χ1) is 14.5. The zero-order valence-corrected chi connectivity index (χ0v) is 16.8. The molecule has 30 heavy (non-hydrogen) atoms. The number of carbonyl (C=O) groups is 2. The number of hydrogen-bond donors (Lipinski definition) is 3. The number of hydrogen-bond acceptors (Lipinski definition) is 2. The summed E-state index contributed by atoms with van der Waals surface area (Å²) in [5.41, 5.74) is 4.43. The van der Waals surface area contributed by atoms with E-state index in [4.69, 9.17) is 0 Å². The van der Waals surface area contributed by atoms with Crippen LogP contribution < -0.4 is 16.0 Å². The fourth-order valence-electron chi connectivity index (χ4n) is 3.36. The predicted molar refractivity (Wildman–Crippen MR) is 121 cm³/mol. The van der Waals surface area contributed by atoms with E-state index in [0.29, 0.717) is 22.6 Å². The lowest BCUT2D eigenvalue weighted by Crippen LogP contribution is -2.19. The van der Waals surface area contributed by atoms with Crippen LogP contribution in [0.25, 0.3) is 10.9 Å². The molecule has 0 aliphatic rings. The molecule has 0 aliphatic heterocycles. The monoisotopic (exact) mass is 398 g/mol. The van der Waals surface area contributed by atoms with Gasteiger partial charge in [-0.25, -0.2) is 4.79 Å². The molecule has 0 radical (unpaired) electrons. The van der Waals surface area contributed by atoms with Gasteiger partial charge in [0.15, 0.2) is 0 Å². The number of urea groups is 1. The number of aromatic nitrogens is 1. The molecule has 0 fully saturated rings. The molecule has 4 rings (SSSR count). The van der Waals surface area contributed by atoms with E-state index in [0.717, 1.165) is 16.5 Å². The molecule has 3 N–H and O–H groups in total. The molecule has 0 spiro atoms. The highest BCUT2D eigenvalue weighted by Crippen LogP contribution is 2.24. The van der Waals surface area contributed by atoms with Crippen molar-refractivity contribution in [2.45, 2.75) is 6.92 Å². The minimum atomic E-state index is -0.351. The Hall–Kier alpha value is -4.06. The highest BCUT2D eigenvalue weighted by Gasteiger charge is 2.15. The molecule has 0 saturated heterocycles. The van der Waals surface area contributed by atoms with Gasteiger partial charge in [0.1, 0.15) is 0 Å². The van der Waals surface area contributed by atoms with Crippen molar-refractivity contribution < 1.29 is 9.59 Å². The van der Waals surface area contributed by atoms with Crippen LogP contribution in [0.4, 0.5) is 21.9 Å². The number of anilines is 3. The summed E-state index contributed by atoms with van der Waals surface area (Å²) in [6, 6.07) is 22.0. The van der Waals surface area contributed by atoms with E-state index in [2.05, 4.69) is 16.0 Å². The van der Waals surface area contributed by atoms with Crippen LogP contribution in [-0.2, 0) is 7.05 Å². The number of amides is 3. The predicted octanol–water partition coefficient (Wildman–Crippen LogP) is 5.38. The zero-order valence-electron chi connectivity index (χ0n) is 16.8. The second-order valence-corrected chi connectivity index (χ2v) is 7.10. The van der Waals surface area contributed by atoms with Crippen molar-refractivity contribution in [2.75, 3.05) is 16.0 Å². The summed E-state index contributed by atoms with van der Waals surface area (Å²) in [5.74, 6) is -0.194. The number of nitrogens with one attached hydrogen (secondary N) is 3. The van der Waals surface area contributed by atoms with E-state index in [1.165, 1.54) is 0 Å². The van der Waals surface area contributed by atoms with Gasteiger partial charge in [0, 0.05) is 41.2 Å². The first-order valence-electron chi connectivity index (χ1n) is 9.60. The van der Waals surface area contributed by atoms with Crippen LogP contribution in [0, 0.1) is 6.92 Å². The van der Waals surface area contributed by atoms with E-state index in [1.807, 2.05) is 85.4 Å². The van der Waals surface area contributed by atoms with Crippen LogP contribution in [0.2, 0.25) is 0 Å². The van der Waals surface area contributed by atoms with Crippen molar-refractivity contribution in [1.82, 2.24) is 4.57 Å². The van der Waals surface area contributed by atoms with Gasteiger partial charge in [-0.05, 0) is 42.8 Å². The van der Waals surface area contributed by atoms with E-state index in [1.54, 1.807) is 12.1 Å². The largest absolute Gasteiger partial charge is 0.350 e. The lowest BCUT2D eigenvalue weighted by molar-refractivity contribution is 0.102. The maximum absolute atomic E-state index is 12.9. The van der Waals surface area contributed by atoms with Gasteiger partial charge in [-0.15, -0.1) is 0 Å². The minimum Gasteiger partial charge on any atom is -0.350 e. The van der Waals surface area contributed by atoms with Gasteiger partial charge in [0.2, 0.25) is 0 Å². The Morgan fingerprint density at radius 1 is 0.800 bits per heavy atom. The molecule has 6 nitrogen and oxygen atoms in total. The van der Waals surface area contributed by atoms with Crippen molar-refractivity contribution in [1.29, 1.82) is 0 Å². The fraction of sp³-hybridized carbons (Fsp3) is 0.0833. The third-order valence-electron chi connectivity index (χ3n) is 4.92. The van der Waals surface area contributed by atoms with Gasteiger partial charge in [-0.3, -0.25) is 4.79 Å². The van der Waals surface area contributed by atoms with Crippen LogP contribution in [0.5, 0.6) is 0 Å². The van der Waals surface area contributed by atoms with Gasteiger partial charge in [0.25, 0.3) is 5.91 Å². The van der Waals surface area contributed by atoms with Gasteiger partial charge in [0.05, 0.1) is 5.56 Å². The summed E-state index contributed by atoms with van der Waals surface area (Å²) < 4.78 is 1.93. The van der Waals surface area contributed by atoms with Crippen molar-refractivity contribution in [3.05, 3.63) is 90.1 Å². The number of fused-ring (bicyclic) bond motifs is 1. The molecule has 1 aromatic heterocycles. The van der Waals surface area contributed by atoms with Crippen molar-refractivity contribution >= 4 is 39.9 Å². The molecule has 6 heteroatoms. The Labute approximate surface area is 174 Å². The summed E-state index contributed by atoms with van der Waals surface area (Å²) in [6.07, 6.45) is 1.82. The van der Waals surface area contributed by atoms with Gasteiger partial charge in [-0.2, -0.15) is 0 Å². The molecular formula is C24H22N4O2. The molecule has 0 atom stereocenters. The number of benzene rings is 3. The number of para-hydroxylation sites is 2. The van der Waals surface area contributed by atoms with Gasteiger partial charge >= 0.3 is 6.03 Å². The molecule has 150 valence electrons. The molecule has 1 heterocycles. The highest BCUT2D eigenvalue weighted by atomic mass is 16.2. The number of rotatable bonds is 4. The second-order valence-electron chi connectivity index (χ2n) is 7.10. The Morgan fingerprint density at radius 2 is 1.50 bits per heavy atom. The summed E-state index contributed by atoms with van der Waals surface area (Å²) >= 11 is 0. The first-order valence-corrected chi connectivity index (χ1v) is 9.60. The second kappa shape index (κ2) is 8.13. The molecule has 0 bridgehead atoms. The Morgan fingerprint density at radius 3 is 2.30 bits per heavy atom. The van der Waals surface area contributed by atoms with Crippen molar-refractivity contribution in [3.8, 4) is 0 Å². The van der Waals surface area contributed by atoms with Crippen LogP contribution in [0.1, 0.15) is 15.9 Å². The lowest BCUT2D eigenvalue weighted by atomic mass is 10.1. The smallest absolute Gasteiger partial charge is 0.323 e. The Kier molecular flexibility index (Phi) is 5.22. The number of aryl methyl sites for hydroxylation is 2. The zero-order chi connectivity index (χ0) is 21.1. The van der Waals surface area contributed by atoms with Crippen LogP contribution in [-0.4, -0.2) is 16.5 Å². The van der Waals surface area contributed by atoms with Crippen LogP contribution in [0.3, 0.4) is 0 Å². The lowest BCUT2D eigenvalue weighted by Gasteiger charge is -2.12. The maximum Gasteiger partial charge on any atom is 0.323 e. The average Bonchev–Trinajstić information content (AvgIpc) is 3.08. The molecule has 3 aromatic carbocycles. The Bertz CT molecular complexity index is 1230. The van der Waals surface area contributed by atoms with E-state index >= 15 is 0 Å². The Balaban J connectivity index is 1.52.